The van der Waals surface area contributed by atoms with E-state index in [-0.39, 0.29) is 22.9 Å². The molecule has 0 fully saturated rings. The summed E-state index contributed by atoms with van der Waals surface area (Å²) in [5.74, 6) is -2.86. The largest absolute Gasteiger partial charge is 0.481 e. The van der Waals surface area contributed by atoms with Gasteiger partial charge in [0.2, 0.25) is 5.91 Å². The summed E-state index contributed by atoms with van der Waals surface area (Å²) in [5.41, 5.74) is -2.12. The molecule has 3 aromatic heterocycles. The second-order valence-corrected chi connectivity index (χ2v) is 7.50. The minimum Gasteiger partial charge on any atom is -0.481 e. The first kappa shape index (κ1) is 22.9. The van der Waals surface area contributed by atoms with Crippen molar-refractivity contribution in [1.29, 1.82) is 0 Å². The van der Waals surface area contributed by atoms with Gasteiger partial charge in [0.05, 0.1) is 17.6 Å². The van der Waals surface area contributed by atoms with E-state index in [4.69, 9.17) is 0 Å². The zero-order valence-corrected chi connectivity index (χ0v) is 17.1. The van der Waals surface area contributed by atoms with Crippen LogP contribution in [-0.4, -0.2) is 41.3 Å². The van der Waals surface area contributed by atoms with Gasteiger partial charge in [-0.15, -0.1) is 0 Å². The Labute approximate surface area is 178 Å². The number of rotatable bonds is 6. The molecule has 9 nitrogen and oxygen atoms in total. The summed E-state index contributed by atoms with van der Waals surface area (Å²) in [6, 6.07) is 1.79. The standard InChI is InChI=1S/C19H18F4N6O3/c1-10-4-13(19(21,22)23)27-29(10)8-15(30)26-11-5-12(20)16(24-6-11)28-7-14(25-9-28)18(2,3)17(31)32/h4-7,9H,8H2,1-3H3,(H,26,30)(H,31,32). The van der Waals surface area contributed by atoms with Crippen molar-refractivity contribution < 1.29 is 32.3 Å². The Bertz CT molecular complexity index is 1180. The first-order chi connectivity index (χ1) is 14.8. The summed E-state index contributed by atoms with van der Waals surface area (Å²) >= 11 is 0. The van der Waals surface area contributed by atoms with Crippen LogP contribution in [0.5, 0.6) is 0 Å². The molecular formula is C19H18F4N6O3. The third-order valence-electron chi connectivity index (χ3n) is 4.67. The summed E-state index contributed by atoms with van der Waals surface area (Å²) in [4.78, 5) is 31.4. The second kappa shape index (κ2) is 8.05. The van der Waals surface area contributed by atoms with E-state index in [0.717, 1.165) is 23.0 Å². The third kappa shape index (κ3) is 4.60. The van der Waals surface area contributed by atoms with Gasteiger partial charge in [-0.1, -0.05) is 0 Å². The lowest BCUT2D eigenvalue weighted by atomic mass is 9.90. The number of nitrogens with zero attached hydrogens (tertiary/aromatic N) is 5. The molecule has 0 unspecified atom stereocenters. The number of pyridine rings is 1. The Balaban J connectivity index is 1.74. The molecule has 3 heterocycles. The molecule has 170 valence electrons. The van der Waals surface area contributed by atoms with Gasteiger partial charge in [-0.3, -0.25) is 18.8 Å². The van der Waals surface area contributed by atoms with E-state index in [1.807, 2.05) is 0 Å². The number of anilines is 1. The molecule has 0 aromatic carbocycles. The highest BCUT2D eigenvalue weighted by atomic mass is 19.4. The minimum absolute atomic E-state index is 0.0247. The van der Waals surface area contributed by atoms with Crippen LogP contribution < -0.4 is 5.32 Å². The molecule has 0 radical (unpaired) electrons. The van der Waals surface area contributed by atoms with E-state index in [1.165, 1.54) is 37.9 Å². The Morgan fingerprint density at radius 3 is 2.41 bits per heavy atom. The number of aryl methyl sites for hydroxylation is 1. The SMILES string of the molecule is Cc1cc(C(F)(F)F)nn1CC(=O)Nc1cnc(-n2cnc(C(C)(C)C(=O)O)c2)c(F)c1. The number of halogens is 4. The summed E-state index contributed by atoms with van der Waals surface area (Å²) in [6.45, 7) is 3.75. The van der Waals surface area contributed by atoms with Crippen LogP contribution in [-0.2, 0) is 27.7 Å². The number of amides is 1. The highest BCUT2D eigenvalue weighted by Gasteiger charge is 2.34. The van der Waals surface area contributed by atoms with Crippen LogP contribution >= 0.6 is 0 Å². The number of aliphatic carboxylic acids is 1. The van der Waals surface area contributed by atoms with Crippen molar-refractivity contribution in [3.63, 3.8) is 0 Å². The van der Waals surface area contributed by atoms with Crippen LogP contribution in [0.25, 0.3) is 5.82 Å². The molecule has 3 aromatic rings. The Morgan fingerprint density at radius 2 is 1.84 bits per heavy atom. The van der Waals surface area contributed by atoms with Crippen LogP contribution in [0.2, 0.25) is 0 Å². The number of carboxylic acid groups (broad SMARTS) is 1. The highest BCUT2D eigenvalue weighted by molar-refractivity contribution is 5.90. The summed E-state index contributed by atoms with van der Waals surface area (Å²) in [6.07, 6.45) is -0.948. The lowest BCUT2D eigenvalue weighted by Gasteiger charge is -2.15. The van der Waals surface area contributed by atoms with E-state index < -0.39 is 41.5 Å². The number of carbonyl (C=O) groups excluding carboxylic acids is 1. The minimum atomic E-state index is -4.64. The topological polar surface area (TPSA) is 115 Å². The highest BCUT2D eigenvalue weighted by Crippen LogP contribution is 2.28. The van der Waals surface area contributed by atoms with Crippen LogP contribution in [0.15, 0.2) is 30.9 Å². The van der Waals surface area contributed by atoms with Gasteiger partial charge >= 0.3 is 12.1 Å². The molecule has 0 saturated heterocycles. The summed E-state index contributed by atoms with van der Waals surface area (Å²) in [5, 5.41) is 15.0. The maximum Gasteiger partial charge on any atom is 0.435 e. The Hall–Kier alpha value is -3.77. The van der Waals surface area contributed by atoms with Gasteiger partial charge in [-0.2, -0.15) is 18.3 Å². The lowest BCUT2D eigenvalue weighted by Crippen LogP contribution is -2.28. The molecule has 0 bridgehead atoms. The molecule has 0 aliphatic heterocycles. The number of aromatic nitrogens is 5. The second-order valence-electron chi connectivity index (χ2n) is 7.50. The fourth-order valence-electron chi connectivity index (χ4n) is 2.71. The van der Waals surface area contributed by atoms with Crippen LogP contribution in [0.3, 0.4) is 0 Å². The average molecular weight is 454 g/mol. The molecular weight excluding hydrogens is 436 g/mol. The Morgan fingerprint density at radius 1 is 1.16 bits per heavy atom. The first-order valence-electron chi connectivity index (χ1n) is 9.14. The van der Waals surface area contributed by atoms with E-state index >= 15 is 0 Å². The third-order valence-corrected chi connectivity index (χ3v) is 4.67. The molecule has 32 heavy (non-hydrogen) atoms. The molecule has 3 rings (SSSR count). The number of hydrogen-bond acceptors (Lipinski definition) is 5. The number of carboxylic acids is 1. The van der Waals surface area contributed by atoms with Gasteiger partial charge in [-0.05, 0) is 26.8 Å². The van der Waals surface area contributed by atoms with Gasteiger partial charge in [0.1, 0.15) is 18.3 Å². The molecule has 0 spiro atoms. The average Bonchev–Trinajstić information content (AvgIpc) is 3.29. The molecule has 13 heteroatoms. The fourth-order valence-corrected chi connectivity index (χ4v) is 2.71. The summed E-state index contributed by atoms with van der Waals surface area (Å²) in [7, 11) is 0. The summed E-state index contributed by atoms with van der Waals surface area (Å²) < 4.78 is 54.8. The van der Waals surface area contributed by atoms with Gasteiger partial charge < -0.3 is 10.4 Å². The monoisotopic (exact) mass is 454 g/mol. The molecule has 0 saturated carbocycles. The van der Waals surface area contributed by atoms with Crippen molar-refractivity contribution in [3.8, 4) is 5.82 Å². The predicted octanol–water partition coefficient (Wildman–Crippen LogP) is 2.93. The maximum absolute atomic E-state index is 14.6. The zero-order chi connectivity index (χ0) is 23.8. The lowest BCUT2D eigenvalue weighted by molar-refractivity contribution is -0.143. The van der Waals surface area contributed by atoms with Crippen molar-refractivity contribution in [3.05, 3.63) is 53.8 Å². The molecule has 0 aliphatic rings. The van der Waals surface area contributed by atoms with Gasteiger partial charge in [0, 0.05) is 18.0 Å². The van der Waals surface area contributed by atoms with Crippen LogP contribution in [0.1, 0.15) is 30.9 Å². The molecule has 0 atom stereocenters. The van der Waals surface area contributed by atoms with Gasteiger partial charge in [-0.25, -0.2) is 14.4 Å². The number of carbonyl (C=O) groups is 2. The number of alkyl halides is 3. The predicted molar refractivity (Wildman–Crippen MR) is 103 cm³/mol. The maximum atomic E-state index is 14.6. The van der Waals surface area contributed by atoms with Crippen molar-refractivity contribution in [2.45, 2.75) is 38.9 Å². The zero-order valence-electron chi connectivity index (χ0n) is 17.1. The molecule has 2 N–H and O–H groups in total. The molecule has 0 aliphatic carbocycles. The van der Waals surface area contributed by atoms with E-state index in [1.54, 1.807) is 0 Å². The van der Waals surface area contributed by atoms with Crippen molar-refractivity contribution in [2.24, 2.45) is 0 Å². The van der Waals surface area contributed by atoms with E-state index in [0.29, 0.717) is 0 Å². The van der Waals surface area contributed by atoms with Crippen molar-refractivity contribution >= 4 is 17.6 Å². The Kier molecular flexibility index (Phi) is 5.76. The smallest absolute Gasteiger partial charge is 0.435 e. The van der Waals surface area contributed by atoms with Gasteiger partial charge in [0.25, 0.3) is 0 Å². The number of nitrogens with one attached hydrogen (secondary N) is 1. The van der Waals surface area contributed by atoms with Gasteiger partial charge in [0.15, 0.2) is 17.3 Å². The first-order valence-corrected chi connectivity index (χ1v) is 9.14. The van der Waals surface area contributed by atoms with E-state index in [2.05, 4.69) is 20.4 Å². The van der Waals surface area contributed by atoms with Crippen LogP contribution in [0, 0.1) is 12.7 Å². The van der Waals surface area contributed by atoms with Crippen molar-refractivity contribution in [1.82, 2.24) is 24.3 Å². The van der Waals surface area contributed by atoms with E-state index in [9.17, 15) is 32.3 Å². The fraction of sp³-hybridized carbons (Fsp3) is 0.316. The number of imidazole rings is 1. The normalized spacial score (nSPS) is 12.1. The quantitative estimate of drug-likeness (QED) is 0.554. The van der Waals surface area contributed by atoms with Crippen molar-refractivity contribution in [2.75, 3.05) is 5.32 Å². The molecule has 1 amide bonds. The number of hydrogen-bond donors (Lipinski definition) is 2. The van der Waals surface area contributed by atoms with Crippen LogP contribution in [0.4, 0.5) is 23.2 Å².